The summed E-state index contributed by atoms with van der Waals surface area (Å²) in [5.74, 6) is -4.28. The van der Waals surface area contributed by atoms with E-state index in [1.165, 1.54) is 7.11 Å². The second-order valence-electron chi connectivity index (χ2n) is 4.96. The van der Waals surface area contributed by atoms with Crippen molar-refractivity contribution in [2.24, 2.45) is 5.73 Å². The van der Waals surface area contributed by atoms with Crippen molar-refractivity contribution in [1.82, 2.24) is 5.32 Å². The number of alkyl halides is 3. The minimum Gasteiger partial charge on any atom is -0.497 e. The number of methoxy groups -OCH3 is 1. The molecule has 1 aromatic carbocycles. The van der Waals surface area contributed by atoms with E-state index in [9.17, 15) is 27.6 Å². The van der Waals surface area contributed by atoms with Crippen molar-refractivity contribution in [1.29, 1.82) is 0 Å². The summed E-state index contributed by atoms with van der Waals surface area (Å²) >= 11 is 0. The van der Waals surface area contributed by atoms with E-state index < -0.39 is 36.5 Å². The van der Waals surface area contributed by atoms with Gasteiger partial charge in [-0.3, -0.25) is 9.59 Å². The molecule has 7 nitrogen and oxygen atoms in total. The summed E-state index contributed by atoms with van der Waals surface area (Å²) in [6.45, 7) is 0.191. The summed E-state index contributed by atoms with van der Waals surface area (Å²) in [6.07, 6.45) is -5.70. The first-order valence-electron chi connectivity index (χ1n) is 7.11. The molecule has 0 spiro atoms. The Morgan fingerprint density at radius 3 is 2.56 bits per heavy atom. The zero-order valence-electron chi connectivity index (χ0n) is 13.3. The van der Waals surface area contributed by atoms with Crippen LogP contribution in [0.3, 0.4) is 0 Å². The van der Waals surface area contributed by atoms with Gasteiger partial charge in [-0.05, 0) is 24.1 Å². The first-order chi connectivity index (χ1) is 11.6. The molecule has 0 aliphatic rings. The van der Waals surface area contributed by atoms with E-state index in [1.54, 1.807) is 18.2 Å². The molecule has 138 valence electrons. The highest BCUT2D eigenvalue weighted by Crippen LogP contribution is 2.17. The van der Waals surface area contributed by atoms with Crippen LogP contribution in [-0.2, 0) is 25.5 Å². The average molecular weight is 362 g/mol. The van der Waals surface area contributed by atoms with Gasteiger partial charge in [0.1, 0.15) is 5.75 Å². The normalized spacial score (nSPS) is 12.2. The maximum absolute atomic E-state index is 11.9. The Morgan fingerprint density at radius 2 is 1.96 bits per heavy atom. The lowest BCUT2D eigenvalue weighted by Crippen LogP contribution is -2.43. The summed E-state index contributed by atoms with van der Waals surface area (Å²) < 4.78 is 44.4. The summed E-state index contributed by atoms with van der Waals surface area (Å²) in [5.41, 5.74) is 6.28. The lowest BCUT2D eigenvalue weighted by Gasteiger charge is -2.12. The summed E-state index contributed by atoms with van der Waals surface area (Å²) in [6, 6.07) is 5.68. The van der Waals surface area contributed by atoms with Gasteiger partial charge >= 0.3 is 18.1 Å². The number of carbonyl (C=O) groups excluding carboxylic acids is 3. The van der Waals surface area contributed by atoms with Crippen LogP contribution in [0.5, 0.6) is 5.75 Å². The number of rotatable bonds is 7. The fraction of sp³-hybridized carbons (Fsp3) is 0.400. The third kappa shape index (κ3) is 7.21. The van der Waals surface area contributed by atoms with E-state index >= 15 is 0 Å². The molecule has 25 heavy (non-hydrogen) atoms. The molecule has 0 saturated heterocycles. The van der Waals surface area contributed by atoms with Gasteiger partial charge in [0.25, 0.3) is 0 Å². The topological polar surface area (TPSA) is 108 Å². The van der Waals surface area contributed by atoms with Crippen LogP contribution < -0.4 is 15.8 Å². The molecule has 1 amide bonds. The van der Waals surface area contributed by atoms with Crippen LogP contribution >= 0.6 is 0 Å². The van der Waals surface area contributed by atoms with Gasteiger partial charge in [0.15, 0.2) is 0 Å². The maximum atomic E-state index is 11.9. The van der Waals surface area contributed by atoms with Gasteiger partial charge in [0.2, 0.25) is 5.91 Å². The van der Waals surface area contributed by atoms with Crippen LogP contribution in [0.25, 0.3) is 0 Å². The minimum atomic E-state index is -5.29. The van der Waals surface area contributed by atoms with Crippen molar-refractivity contribution < 1.29 is 37.0 Å². The number of esters is 2. The molecule has 0 bridgehead atoms. The number of ether oxygens (including phenoxy) is 2. The smallest absolute Gasteiger partial charge is 0.491 e. The number of amides is 1. The lowest BCUT2D eigenvalue weighted by molar-refractivity contribution is -0.202. The molecule has 0 aliphatic carbocycles. The lowest BCUT2D eigenvalue weighted by atomic mass is 10.1. The van der Waals surface area contributed by atoms with Crippen LogP contribution in [-0.4, -0.2) is 43.7 Å². The number of hydrogen-bond acceptors (Lipinski definition) is 6. The van der Waals surface area contributed by atoms with Crippen molar-refractivity contribution in [2.45, 2.75) is 25.1 Å². The molecule has 0 aliphatic heterocycles. The zero-order chi connectivity index (χ0) is 19.0. The molecule has 1 atom stereocenters. The van der Waals surface area contributed by atoms with E-state index in [1.807, 2.05) is 6.07 Å². The first-order valence-corrected chi connectivity index (χ1v) is 7.11. The number of hydrogen-bond donors (Lipinski definition) is 2. The number of halogens is 3. The second-order valence-corrected chi connectivity index (χ2v) is 4.96. The van der Waals surface area contributed by atoms with Gasteiger partial charge in [-0.25, -0.2) is 4.79 Å². The quantitative estimate of drug-likeness (QED) is 0.546. The molecule has 1 rings (SSSR count). The highest BCUT2D eigenvalue weighted by atomic mass is 19.4. The molecule has 0 aromatic heterocycles. The number of nitrogens with two attached hydrogens (primary N) is 1. The van der Waals surface area contributed by atoms with Crippen LogP contribution in [0, 0.1) is 0 Å². The molecule has 0 saturated carbocycles. The molecule has 10 heteroatoms. The third-order valence-electron chi connectivity index (χ3n) is 3.01. The Bertz CT molecular complexity index is 634. The molecular formula is C15H17F3N2O5. The largest absolute Gasteiger partial charge is 0.497 e. The highest BCUT2D eigenvalue weighted by molar-refractivity contribution is 5.92. The molecule has 3 N–H and O–H groups in total. The van der Waals surface area contributed by atoms with E-state index in [0.29, 0.717) is 12.2 Å². The van der Waals surface area contributed by atoms with Crippen molar-refractivity contribution in [3.05, 3.63) is 29.8 Å². The van der Waals surface area contributed by atoms with E-state index in [2.05, 4.69) is 10.1 Å². The Labute approximate surface area is 141 Å². The second kappa shape index (κ2) is 9.02. The molecule has 0 heterocycles. The van der Waals surface area contributed by atoms with Gasteiger partial charge < -0.3 is 20.5 Å². The van der Waals surface area contributed by atoms with Gasteiger partial charge in [-0.2, -0.15) is 13.2 Å². The van der Waals surface area contributed by atoms with Gasteiger partial charge in [-0.1, -0.05) is 12.1 Å². The van der Waals surface area contributed by atoms with Crippen molar-refractivity contribution in [3.8, 4) is 5.75 Å². The van der Waals surface area contributed by atoms with Gasteiger partial charge in [-0.15, -0.1) is 0 Å². The molecule has 0 unspecified atom stereocenters. The number of carbonyl (C=O) groups is 3. The number of nitrogens with one attached hydrogen (secondary N) is 1. The number of benzene rings is 1. The minimum absolute atomic E-state index is 0.191. The van der Waals surface area contributed by atoms with E-state index in [-0.39, 0.29) is 6.54 Å². The molecule has 1 aromatic rings. The Kier molecular flexibility index (Phi) is 7.37. The monoisotopic (exact) mass is 362 g/mol. The average Bonchev–Trinajstić information content (AvgIpc) is 2.53. The SMILES string of the molecule is COc1cccc(CCNC(=O)[C@@H](N)CC(=O)OC(=O)C(F)(F)F)c1. The van der Waals surface area contributed by atoms with E-state index in [4.69, 9.17) is 10.5 Å². The summed E-state index contributed by atoms with van der Waals surface area (Å²) in [7, 11) is 1.52. The van der Waals surface area contributed by atoms with E-state index in [0.717, 1.165) is 5.56 Å². The molecule has 0 radical (unpaired) electrons. The Morgan fingerprint density at radius 1 is 1.28 bits per heavy atom. The van der Waals surface area contributed by atoms with Crippen molar-refractivity contribution in [3.63, 3.8) is 0 Å². The zero-order valence-corrected chi connectivity index (χ0v) is 13.3. The highest BCUT2D eigenvalue weighted by Gasteiger charge is 2.42. The first kappa shape index (κ1) is 20.4. The predicted molar refractivity (Wildman–Crippen MR) is 79.5 cm³/mol. The predicted octanol–water partition coefficient (Wildman–Crippen LogP) is 0.703. The van der Waals surface area contributed by atoms with Crippen LogP contribution in [0.1, 0.15) is 12.0 Å². The van der Waals surface area contributed by atoms with Gasteiger partial charge in [0.05, 0.1) is 19.6 Å². The molecular weight excluding hydrogens is 345 g/mol. The van der Waals surface area contributed by atoms with Crippen LogP contribution in [0.4, 0.5) is 13.2 Å². The Balaban J connectivity index is 2.38. The summed E-state index contributed by atoms with van der Waals surface area (Å²) in [5, 5.41) is 2.44. The van der Waals surface area contributed by atoms with Crippen LogP contribution in [0.15, 0.2) is 24.3 Å². The molecule has 0 fully saturated rings. The maximum Gasteiger partial charge on any atom is 0.491 e. The van der Waals surface area contributed by atoms with Crippen LogP contribution in [0.2, 0.25) is 0 Å². The fourth-order valence-electron chi connectivity index (χ4n) is 1.76. The standard InChI is InChI=1S/C15H17F3N2O5/c1-24-10-4-2-3-9(7-10)5-6-20-13(22)11(19)8-12(21)25-14(23)15(16,17)18/h2-4,7,11H,5-6,8,19H2,1H3,(H,20,22)/t11-/m0/s1. The summed E-state index contributed by atoms with van der Waals surface area (Å²) in [4.78, 5) is 33.4. The van der Waals surface area contributed by atoms with Gasteiger partial charge in [0, 0.05) is 6.54 Å². The van der Waals surface area contributed by atoms with Crippen molar-refractivity contribution >= 4 is 17.8 Å². The Hall–Kier alpha value is -2.62. The fourth-order valence-corrected chi connectivity index (χ4v) is 1.76. The third-order valence-corrected chi connectivity index (χ3v) is 3.01. The van der Waals surface area contributed by atoms with Crippen molar-refractivity contribution in [2.75, 3.05) is 13.7 Å².